The molecule has 32 heavy (non-hydrogen) atoms. The van der Waals surface area contributed by atoms with Gasteiger partial charge in [-0.3, -0.25) is 9.78 Å². The second kappa shape index (κ2) is 9.16. The summed E-state index contributed by atoms with van der Waals surface area (Å²) in [7, 11) is 0. The number of hydrogen-bond donors (Lipinski definition) is 1. The number of pyridine rings is 1. The number of carbonyl (C=O) groups is 1. The van der Waals surface area contributed by atoms with Gasteiger partial charge in [0.1, 0.15) is 5.75 Å². The van der Waals surface area contributed by atoms with Gasteiger partial charge in [0.05, 0.1) is 21.0 Å². The molecule has 0 atom stereocenters. The van der Waals surface area contributed by atoms with Crippen molar-refractivity contribution in [2.45, 2.75) is 51.9 Å². The van der Waals surface area contributed by atoms with Crippen LogP contribution in [0.3, 0.4) is 0 Å². The lowest BCUT2D eigenvalue weighted by atomic mass is 9.84. The maximum atomic E-state index is 13.3. The van der Waals surface area contributed by atoms with Crippen molar-refractivity contribution in [2.24, 2.45) is 5.92 Å². The second-order valence-electron chi connectivity index (χ2n) is 8.62. The Balaban J connectivity index is 1.42. The minimum atomic E-state index is -0.0334. The molecule has 5 nitrogen and oxygen atoms in total. The molecule has 2 aliphatic carbocycles. The maximum Gasteiger partial charge on any atom is 0.262 e. The Bertz CT molecular complexity index is 1160. The van der Waals surface area contributed by atoms with Crippen LogP contribution in [0.1, 0.15) is 58.6 Å². The third kappa shape index (κ3) is 4.11. The molecule has 0 unspecified atom stereocenters. The molecule has 1 amide bonds. The average molecular weight is 466 g/mol. The van der Waals surface area contributed by atoms with E-state index in [1.54, 1.807) is 6.20 Å². The van der Waals surface area contributed by atoms with E-state index in [4.69, 9.17) is 4.74 Å². The van der Waals surface area contributed by atoms with Crippen LogP contribution in [0, 0.1) is 12.8 Å². The van der Waals surface area contributed by atoms with Crippen molar-refractivity contribution >= 4 is 28.8 Å². The maximum absolute atomic E-state index is 13.3. The largest absolute Gasteiger partial charge is 0.444 e. The van der Waals surface area contributed by atoms with Crippen LogP contribution in [0.15, 0.2) is 36.7 Å². The van der Waals surface area contributed by atoms with Crippen molar-refractivity contribution < 1.29 is 9.53 Å². The Hall–Kier alpha value is -2.51. The molecular formula is C25H27N3O2S2. The molecule has 0 radical (unpaired) electrons. The van der Waals surface area contributed by atoms with E-state index < -0.39 is 0 Å². The molecule has 0 saturated heterocycles. The molecule has 0 spiro atoms. The Kier molecular flexibility index (Phi) is 6.11. The highest BCUT2D eigenvalue weighted by molar-refractivity contribution is 7.17. The number of thiophene rings is 1. The molecule has 1 saturated carbocycles. The van der Waals surface area contributed by atoms with E-state index in [-0.39, 0.29) is 5.91 Å². The van der Waals surface area contributed by atoms with Gasteiger partial charge < -0.3 is 10.1 Å². The zero-order chi connectivity index (χ0) is 22.1. The number of aryl methyl sites for hydroxylation is 2. The number of hydrogen-bond acceptors (Lipinski definition) is 6. The lowest BCUT2D eigenvalue weighted by Gasteiger charge is -2.24. The number of nitrogens with zero attached hydrogens (tertiary/aromatic N) is 2. The topological polar surface area (TPSA) is 64.1 Å². The van der Waals surface area contributed by atoms with E-state index in [1.165, 1.54) is 60.5 Å². The summed E-state index contributed by atoms with van der Waals surface area (Å²) in [6.45, 7) is 6.75. The van der Waals surface area contributed by atoms with Crippen LogP contribution in [0.2, 0.25) is 0 Å². The van der Waals surface area contributed by atoms with Crippen LogP contribution in [-0.2, 0) is 12.8 Å². The van der Waals surface area contributed by atoms with Crippen LogP contribution in [0.4, 0.5) is 0 Å². The Morgan fingerprint density at radius 3 is 2.94 bits per heavy atom. The molecule has 5 rings (SSSR count). The smallest absolute Gasteiger partial charge is 0.262 e. The first kappa shape index (κ1) is 21.3. The highest BCUT2D eigenvalue weighted by atomic mass is 32.1. The molecular weight excluding hydrogens is 438 g/mol. The van der Waals surface area contributed by atoms with Crippen LogP contribution in [0.25, 0.3) is 10.4 Å². The molecule has 7 heteroatoms. The number of aromatic nitrogens is 2. The minimum absolute atomic E-state index is 0.0334. The van der Waals surface area contributed by atoms with Crippen LogP contribution < -0.4 is 10.1 Å². The first-order chi connectivity index (χ1) is 15.6. The van der Waals surface area contributed by atoms with E-state index in [2.05, 4.69) is 21.3 Å². The lowest BCUT2D eigenvalue weighted by Crippen LogP contribution is -2.28. The minimum Gasteiger partial charge on any atom is -0.444 e. The molecule has 0 bridgehead atoms. The van der Waals surface area contributed by atoms with Crippen LogP contribution in [0.5, 0.6) is 10.8 Å². The highest BCUT2D eigenvalue weighted by Gasteiger charge is 2.31. The molecule has 1 fully saturated rings. The summed E-state index contributed by atoms with van der Waals surface area (Å²) < 4.78 is 10.7. The zero-order valence-corrected chi connectivity index (χ0v) is 19.9. The van der Waals surface area contributed by atoms with Gasteiger partial charge in [0.2, 0.25) is 0 Å². The number of ether oxygens (including phenoxy) is 1. The first-order valence-electron chi connectivity index (χ1n) is 11.3. The second-order valence-corrected chi connectivity index (χ2v) is 10.4. The zero-order valence-electron chi connectivity index (χ0n) is 18.3. The molecule has 166 valence electrons. The monoisotopic (exact) mass is 465 g/mol. The van der Waals surface area contributed by atoms with Crippen LogP contribution >= 0.6 is 22.9 Å². The van der Waals surface area contributed by atoms with E-state index in [1.807, 2.05) is 25.3 Å². The average Bonchev–Trinajstić information content (AvgIpc) is 3.44. The van der Waals surface area contributed by atoms with E-state index in [9.17, 15) is 4.79 Å². The molecule has 3 aromatic rings. The molecule has 3 aromatic heterocycles. The van der Waals surface area contributed by atoms with Crippen LogP contribution in [-0.4, -0.2) is 21.8 Å². The van der Waals surface area contributed by atoms with Crippen molar-refractivity contribution in [1.29, 1.82) is 0 Å². The third-order valence-electron chi connectivity index (χ3n) is 6.52. The normalized spacial score (nSPS) is 15.7. The fourth-order valence-electron chi connectivity index (χ4n) is 4.68. The molecule has 0 aromatic carbocycles. The molecule has 3 heterocycles. The Labute approximate surface area is 196 Å². The summed E-state index contributed by atoms with van der Waals surface area (Å²) in [4.78, 5) is 19.5. The standard InChI is InChI=1S/C25H27N3O2S2/c1-15(17-7-4-3-5-8-17)13-27-24(29)23-19-11-10-18-14-28-32-22(18)21(19)25(31-23)30-20-9-6-12-26-16(20)2/h6,9,12,14,17H,1,3-5,7-8,10-11,13H2,2H3,(H,27,29). The van der Waals surface area contributed by atoms with Gasteiger partial charge in [-0.15, -0.1) is 0 Å². The van der Waals surface area contributed by atoms with Gasteiger partial charge in [0.15, 0.2) is 5.06 Å². The first-order valence-corrected chi connectivity index (χ1v) is 12.9. The quantitative estimate of drug-likeness (QED) is 0.432. The van der Waals surface area contributed by atoms with Gasteiger partial charge in [-0.25, -0.2) is 4.37 Å². The third-order valence-corrected chi connectivity index (χ3v) is 8.48. The van der Waals surface area contributed by atoms with E-state index in [0.717, 1.165) is 50.1 Å². The van der Waals surface area contributed by atoms with Gasteiger partial charge in [0.25, 0.3) is 5.91 Å². The fraction of sp³-hybridized carbons (Fsp3) is 0.400. The van der Waals surface area contributed by atoms with E-state index >= 15 is 0 Å². The van der Waals surface area contributed by atoms with Crippen molar-refractivity contribution in [2.75, 3.05) is 6.54 Å². The van der Waals surface area contributed by atoms with Gasteiger partial charge in [-0.2, -0.15) is 0 Å². The number of nitrogens with one attached hydrogen (secondary N) is 1. The number of fused-ring (bicyclic) bond motifs is 3. The Morgan fingerprint density at radius 1 is 1.28 bits per heavy atom. The predicted octanol–water partition coefficient (Wildman–Crippen LogP) is 6.33. The van der Waals surface area contributed by atoms with Gasteiger partial charge in [-0.05, 0) is 73.3 Å². The van der Waals surface area contributed by atoms with Crippen molar-refractivity contribution in [3.63, 3.8) is 0 Å². The van der Waals surface area contributed by atoms with Gasteiger partial charge in [-0.1, -0.05) is 42.8 Å². The lowest BCUT2D eigenvalue weighted by molar-refractivity contribution is 0.0959. The summed E-state index contributed by atoms with van der Waals surface area (Å²) in [5, 5.41) is 3.89. The van der Waals surface area contributed by atoms with Gasteiger partial charge in [0, 0.05) is 18.9 Å². The van der Waals surface area contributed by atoms with Crippen molar-refractivity contribution in [1.82, 2.24) is 14.7 Å². The summed E-state index contributed by atoms with van der Waals surface area (Å²) >= 11 is 2.90. The van der Waals surface area contributed by atoms with Crippen molar-refractivity contribution in [3.8, 4) is 21.3 Å². The summed E-state index contributed by atoms with van der Waals surface area (Å²) in [5.41, 5.74) is 5.30. The Morgan fingerprint density at radius 2 is 2.12 bits per heavy atom. The number of amides is 1. The molecule has 1 N–H and O–H groups in total. The summed E-state index contributed by atoms with van der Waals surface area (Å²) in [6.07, 6.45) is 11.6. The van der Waals surface area contributed by atoms with Crippen molar-refractivity contribution in [3.05, 3.63) is 58.4 Å². The fourth-order valence-corrected chi connectivity index (χ4v) is 6.74. The molecule has 2 aliphatic rings. The summed E-state index contributed by atoms with van der Waals surface area (Å²) in [6, 6.07) is 3.78. The number of carbonyl (C=O) groups excluding carboxylic acids is 1. The van der Waals surface area contributed by atoms with E-state index in [0.29, 0.717) is 18.2 Å². The SMILES string of the molecule is C=C(CNC(=O)c1sc(Oc2cccnc2C)c2c1CCc1cnsc1-2)C1CCCCC1. The molecule has 0 aliphatic heterocycles. The number of rotatable bonds is 6. The summed E-state index contributed by atoms with van der Waals surface area (Å²) in [5.74, 6) is 1.22. The highest BCUT2D eigenvalue weighted by Crippen LogP contribution is 2.50. The predicted molar refractivity (Wildman–Crippen MR) is 130 cm³/mol. The van der Waals surface area contributed by atoms with Gasteiger partial charge >= 0.3 is 0 Å².